The van der Waals surface area contributed by atoms with E-state index < -0.39 is 0 Å². The summed E-state index contributed by atoms with van der Waals surface area (Å²) < 4.78 is 0. The maximum atomic E-state index is 0. The molecule has 0 heterocycles. The fourth-order valence-corrected chi connectivity index (χ4v) is 0. The molecular weight excluding hydrogens is 428 g/mol. The van der Waals surface area contributed by atoms with Crippen LogP contribution in [0.1, 0.15) is 0 Å². The monoisotopic (exact) mass is 435 g/mol. The van der Waals surface area contributed by atoms with Gasteiger partial charge in [0.15, 0.2) is 0 Å². The van der Waals surface area contributed by atoms with Crippen LogP contribution in [0.4, 0.5) is 0 Å². The summed E-state index contributed by atoms with van der Waals surface area (Å²) >= 11 is 0. The molecule has 1 nitrogen and oxygen atoms in total. The average molecular weight is 435 g/mol. The molecule has 3 N–H and O–H groups in total. The normalized spacial score (nSPS) is 0. The van der Waals surface area contributed by atoms with Crippen molar-refractivity contribution in [2.75, 3.05) is 0 Å². The van der Waals surface area contributed by atoms with Crippen LogP contribution in [0.5, 0.6) is 0 Å². The molecule has 0 spiro atoms. The van der Waals surface area contributed by atoms with E-state index in [1.165, 1.54) is 0 Å². The van der Waals surface area contributed by atoms with Crippen LogP contribution >= 0.6 is 41.0 Å². The van der Waals surface area contributed by atoms with E-state index in [0.717, 1.165) is 0 Å². The molecule has 0 aliphatic heterocycles. The Morgan fingerprint density at radius 1 is 1.00 bits per heavy atom. The van der Waals surface area contributed by atoms with Crippen molar-refractivity contribution in [3.63, 3.8) is 0 Å². The molecule has 0 aromatic rings. The van der Waals surface area contributed by atoms with Crippen molar-refractivity contribution in [1.82, 2.24) is 6.15 Å². The van der Waals surface area contributed by atoms with Gasteiger partial charge in [0, 0.05) is 0 Å². The number of rotatable bonds is 0. The predicted molar refractivity (Wildman–Crippen MR) is 39.3 cm³/mol. The summed E-state index contributed by atoms with van der Waals surface area (Å²) in [5.41, 5.74) is 0. The van der Waals surface area contributed by atoms with Crippen molar-refractivity contribution < 1.29 is 0 Å². The van der Waals surface area contributed by atoms with Gasteiger partial charge in [0.2, 0.25) is 0 Å². The average Bonchev–Trinajstić information content (AvgIpc) is 0. The summed E-state index contributed by atoms with van der Waals surface area (Å²) in [7, 11) is 0. The Balaban J connectivity index is 0. The fourth-order valence-electron chi connectivity index (χ4n) is 0. The summed E-state index contributed by atoms with van der Waals surface area (Å²) in [4.78, 5) is 0. The van der Waals surface area contributed by atoms with Gasteiger partial charge < -0.3 is 6.15 Å². The Labute approximate surface area is 73.4 Å². The third kappa shape index (κ3) is 8.94. The molecule has 0 unspecified atom stereocenters. The minimum atomic E-state index is 0. The molecule has 0 aromatic heterocycles. The fraction of sp³-hybridized carbons (Fsp3) is 0. The van der Waals surface area contributed by atoms with Crippen molar-refractivity contribution >= 4 is 68.3 Å². The van der Waals surface area contributed by atoms with Crippen LogP contribution in [0.3, 0.4) is 0 Å². The molecule has 0 rings (SSSR count). The quantitative estimate of drug-likeness (QED) is 0.436. The zero-order valence-electron chi connectivity index (χ0n) is 2.23. The van der Waals surface area contributed by atoms with Crippen molar-refractivity contribution in [3.05, 3.63) is 0 Å². The molecule has 0 aromatic carbocycles. The molecular formula is H7BrINPb. The summed E-state index contributed by atoms with van der Waals surface area (Å²) in [5, 5.41) is 0. The Morgan fingerprint density at radius 3 is 1.00 bits per heavy atom. The molecule has 0 aliphatic carbocycles. The number of halogens is 2. The first kappa shape index (κ1) is 36.1. The van der Waals surface area contributed by atoms with Gasteiger partial charge in [-0.1, -0.05) is 0 Å². The molecule has 0 saturated heterocycles. The van der Waals surface area contributed by atoms with E-state index in [9.17, 15) is 0 Å². The van der Waals surface area contributed by atoms with Crippen LogP contribution in [-0.4, -0.2) is 27.3 Å². The summed E-state index contributed by atoms with van der Waals surface area (Å²) in [6.45, 7) is 0. The summed E-state index contributed by atoms with van der Waals surface area (Å²) in [6.07, 6.45) is 0. The second-order valence-electron chi connectivity index (χ2n) is 0. The molecule has 0 fully saturated rings. The van der Waals surface area contributed by atoms with Gasteiger partial charge in [0.05, 0.1) is 0 Å². The first-order valence-corrected chi connectivity index (χ1v) is 0. The Hall–Kier alpha value is 2.09. The van der Waals surface area contributed by atoms with Crippen molar-refractivity contribution in [3.8, 4) is 0 Å². The van der Waals surface area contributed by atoms with E-state index in [4.69, 9.17) is 0 Å². The van der Waals surface area contributed by atoms with E-state index >= 15 is 0 Å². The minimum absolute atomic E-state index is 0. The van der Waals surface area contributed by atoms with E-state index in [1.54, 1.807) is 0 Å². The van der Waals surface area contributed by atoms with Gasteiger partial charge >= 0.3 is 27.3 Å². The van der Waals surface area contributed by atoms with Gasteiger partial charge in [-0.2, -0.15) is 0 Å². The zero-order valence-corrected chi connectivity index (χ0v) is 11.8. The van der Waals surface area contributed by atoms with E-state index in [0.29, 0.717) is 0 Å². The van der Waals surface area contributed by atoms with Gasteiger partial charge in [-0.3, -0.25) is 0 Å². The molecule has 0 aliphatic rings. The maximum absolute atomic E-state index is 0. The van der Waals surface area contributed by atoms with Gasteiger partial charge in [-0.25, -0.2) is 0 Å². The second kappa shape index (κ2) is 19.5. The van der Waals surface area contributed by atoms with Crippen molar-refractivity contribution in [2.45, 2.75) is 0 Å². The molecule has 0 bridgehead atoms. The van der Waals surface area contributed by atoms with Crippen LogP contribution in [0.15, 0.2) is 0 Å². The molecule has 0 atom stereocenters. The van der Waals surface area contributed by atoms with Crippen LogP contribution in [0, 0.1) is 0 Å². The predicted octanol–water partition coefficient (Wildman–Crippen LogP) is 0.442. The van der Waals surface area contributed by atoms with Crippen LogP contribution in [0.25, 0.3) is 0 Å². The van der Waals surface area contributed by atoms with E-state index in [2.05, 4.69) is 0 Å². The topological polar surface area (TPSA) is 35.0 Å². The number of hydrogen-bond acceptors (Lipinski definition) is 1. The third-order valence-corrected chi connectivity index (χ3v) is 0. The van der Waals surface area contributed by atoms with Gasteiger partial charge in [0.25, 0.3) is 0 Å². The Kier molecular flexibility index (Phi) is 176. The zero-order chi connectivity index (χ0) is 0. The van der Waals surface area contributed by atoms with E-state index in [-0.39, 0.29) is 74.4 Å². The van der Waals surface area contributed by atoms with Crippen LogP contribution in [0.2, 0.25) is 0 Å². The molecule has 4 heteroatoms. The van der Waals surface area contributed by atoms with Crippen LogP contribution in [-0.2, 0) is 0 Å². The molecule has 2 radical (unpaired) electrons. The first-order chi connectivity index (χ1) is 0. The van der Waals surface area contributed by atoms with Crippen LogP contribution < -0.4 is 6.15 Å². The summed E-state index contributed by atoms with van der Waals surface area (Å²) in [6, 6.07) is 0. The third-order valence-electron chi connectivity index (χ3n) is 0. The van der Waals surface area contributed by atoms with Crippen molar-refractivity contribution in [2.24, 2.45) is 0 Å². The van der Waals surface area contributed by atoms with Gasteiger partial charge in [-0.05, 0) is 0 Å². The Bertz CT molecular complexity index is 8.00. The SMILES string of the molecule is Br.I.N.[PbH2]. The van der Waals surface area contributed by atoms with Gasteiger partial charge in [-0.15, -0.1) is 41.0 Å². The summed E-state index contributed by atoms with van der Waals surface area (Å²) in [5.74, 6) is 0. The Morgan fingerprint density at radius 2 is 1.00 bits per heavy atom. The number of hydrogen-bond donors (Lipinski definition) is 1. The van der Waals surface area contributed by atoms with Crippen molar-refractivity contribution in [1.29, 1.82) is 0 Å². The second-order valence-corrected chi connectivity index (χ2v) is 0. The molecule has 0 saturated carbocycles. The first-order valence-electron chi connectivity index (χ1n) is 0. The molecule has 30 valence electrons. The van der Waals surface area contributed by atoms with E-state index in [1.807, 2.05) is 0 Å². The standard InChI is InChI=1S/BrH.HI.H3N.Pb.2H/h2*1H;1H3;;;. The molecule has 4 heavy (non-hydrogen) atoms. The van der Waals surface area contributed by atoms with Gasteiger partial charge in [0.1, 0.15) is 0 Å². The molecule has 0 amide bonds.